The van der Waals surface area contributed by atoms with E-state index in [0.29, 0.717) is 18.5 Å². The van der Waals surface area contributed by atoms with Gasteiger partial charge in [0.1, 0.15) is 5.82 Å². The molecule has 0 aromatic heterocycles. The first-order chi connectivity index (χ1) is 8.63. The van der Waals surface area contributed by atoms with Gasteiger partial charge in [0.05, 0.1) is 0 Å². The van der Waals surface area contributed by atoms with E-state index in [1.54, 1.807) is 12.1 Å². The van der Waals surface area contributed by atoms with Crippen LogP contribution < -0.4 is 5.73 Å². The van der Waals surface area contributed by atoms with Crippen LogP contribution in [0.1, 0.15) is 38.3 Å². The maximum absolute atomic E-state index is 13.3. The predicted molar refractivity (Wildman–Crippen MR) is 72.8 cm³/mol. The summed E-state index contributed by atoms with van der Waals surface area (Å²) in [7, 11) is 0. The van der Waals surface area contributed by atoms with Gasteiger partial charge in [-0.25, -0.2) is 4.39 Å². The molecule has 1 saturated heterocycles. The quantitative estimate of drug-likeness (QED) is 0.890. The second-order valence-corrected chi connectivity index (χ2v) is 5.50. The Morgan fingerprint density at radius 1 is 1.44 bits per heavy atom. The fraction of sp³-hybridized carbons (Fsp3) is 0.600. The average molecular weight is 250 g/mol. The maximum atomic E-state index is 13.3. The monoisotopic (exact) mass is 250 g/mol. The standard InChI is InChI=1S/C15H23FN2/c1-11(2)14-7-4-8-18(14)15(10-17)12-5-3-6-13(16)9-12/h3,5-6,9,11,14-15H,4,7-8,10,17H2,1-2H3. The van der Waals surface area contributed by atoms with Gasteiger partial charge in [-0.05, 0) is 43.0 Å². The Labute approximate surface area is 109 Å². The first-order valence-electron chi connectivity index (χ1n) is 6.84. The van der Waals surface area contributed by atoms with Crippen molar-refractivity contribution in [3.63, 3.8) is 0 Å². The van der Waals surface area contributed by atoms with Gasteiger partial charge < -0.3 is 5.73 Å². The van der Waals surface area contributed by atoms with Gasteiger partial charge in [0.2, 0.25) is 0 Å². The molecule has 2 N–H and O–H groups in total. The van der Waals surface area contributed by atoms with E-state index in [2.05, 4.69) is 18.7 Å². The van der Waals surface area contributed by atoms with E-state index in [-0.39, 0.29) is 11.9 Å². The van der Waals surface area contributed by atoms with E-state index in [1.807, 2.05) is 6.07 Å². The summed E-state index contributed by atoms with van der Waals surface area (Å²) in [5, 5.41) is 0. The summed E-state index contributed by atoms with van der Waals surface area (Å²) in [6.07, 6.45) is 2.44. The lowest BCUT2D eigenvalue weighted by atomic mass is 9.98. The van der Waals surface area contributed by atoms with Crippen molar-refractivity contribution < 1.29 is 4.39 Å². The van der Waals surface area contributed by atoms with Gasteiger partial charge in [-0.3, -0.25) is 4.90 Å². The molecule has 2 atom stereocenters. The number of hydrogen-bond donors (Lipinski definition) is 1. The molecular formula is C15H23FN2. The molecule has 100 valence electrons. The minimum atomic E-state index is -0.175. The molecule has 2 unspecified atom stereocenters. The third kappa shape index (κ3) is 2.73. The van der Waals surface area contributed by atoms with Crippen LogP contribution in [-0.2, 0) is 0 Å². The van der Waals surface area contributed by atoms with E-state index >= 15 is 0 Å². The summed E-state index contributed by atoms with van der Waals surface area (Å²) in [5.74, 6) is 0.446. The van der Waals surface area contributed by atoms with Gasteiger partial charge >= 0.3 is 0 Å². The number of hydrogen-bond acceptors (Lipinski definition) is 2. The van der Waals surface area contributed by atoms with Crippen molar-refractivity contribution in [2.45, 2.75) is 38.8 Å². The van der Waals surface area contributed by atoms with Gasteiger partial charge in [0.15, 0.2) is 0 Å². The predicted octanol–water partition coefficient (Wildman–Crippen LogP) is 2.95. The maximum Gasteiger partial charge on any atom is 0.123 e. The van der Waals surface area contributed by atoms with Gasteiger partial charge in [-0.1, -0.05) is 26.0 Å². The number of nitrogens with two attached hydrogens (primary N) is 1. The highest BCUT2D eigenvalue weighted by Gasteiger charge is 2.32. The molecule has 0 radical (unpaired) electrons. The molecular weight excluding hydrogens is 227 g/mol. The van der Waals surface area contributed by atoms with E-state index in [9.17, 15) is 4.39 Å². The van der Waals surface area contributed by atoms with Crippen molar-refractivity contribution in [1.29, 1.82) is 0 Å². The first kappa shape index (κ1) is 13.5. The van der Waals surface area contributed by atoms with Crippen LogP contribution in [0.5, 0.6) is 0 Å². The first-order valence-corrected chi connectivity index (χ1v) is 6.84. The summed E-state index contributed by atoms with van der Waals surface area (Å²) in [6.45, 7) is 6.12. The van der Waals surface area contributed by atoms with Gasteiger partial charge in [0, 0.05) is 18.6 Å². The molecule has 0 bridgehead atoms. The molecule has 1 aliphatic heterocycles. The molecule has 0 saturated carbocycles. The van der Waals surface area contributed by atoms with E-state index in [1.165, 1.54) is 18.9 Å². The Bertz CT molecular complexity index is 392. The summed E-state index contributed by atoms with van der Waals surface area (Å²) < 4.78 is 13.3. The zero-order chi connectivity index (χ0) is 13.1. The van der Waals surface area contributed by atoms with Crippen molar-refractivity contribution in [3.05, 3.63) is 35.6 Å². The number of likely N-dealkylation sites (tertiary alicyclic amines) is 1. The van der Waals surface area contributed by atoms with Gasteiger partial charge in [-0.15, -0.1) is 0 Å². The van der Waals surface area contributed by atoms with Crippen molar-refractivity contribution >= 4 is 0 Å². The van der Waals surface area contributed by atoms with Crippen LogP contribution >= 0.6 is 0 Å². The molecule has 3 heteroatoms. The molecule has 2 rings (SSSR count). The highest BCUT2D eigenvalue weighted by molar-refractivity contribution is 5.21. The van der Waals surface area contributed by atoms with Crippen molar-refractivity contribution in [2.75, 3.05) is 13.1 Å². The second-order valence-electron chi connectivity index (χ2n) is 5.50. The normalized spacial score (nSPS) is 22.6. The summed E-state index contributed by atoms with van der Waals surface area (Å²) >= 11 is 0. The minimum absolute atomic E-state index is 0.149. The van der Waals surface area contributed by atoms with Gasteiger partial charge in [-0.2, -0.15) is 0 Å². The molecule has 1 aromatic rings. The van der Waals surface area contributed by atoms with Crippen LogP contribution in [0.15, 0.2) is 24.3 Å². The van der Waals surface area contributed by atoms with Crippen molar-refractivity contribution in [2.24, 2.45) is 11.7 Å². The molecule has 0 spiro atoms. The van der Waals surface area contributed by atoms with Crippen molar-refractivity contribution in [1.82, 2.24) is 4.90 Å². The SMILES string of the molecule is CC(C)C1CCCN1C(CN)c1cccc(F)c1. The molecule has 0 aliphatic carbocycles. The third-order valence-corrected chi connectivity index (χ3v) is 3.97. The van der Waals surface area contributed by atoms with Crippen LogP contribution in [0.3, 0.4) is 0 Å². The Kier molecular flexibility index (Phi) is 4.36. The Morgan fingerprint density at radius 2 is 2.22 bits per heavy atom. The van der Waals surface area contributed by atoms with E-state index in [0.717, 1.165) is 12.1 Å². The lowest BCUT2D eigenvalue weighted by Gasteiger charge is -2.34. The molecule has 1 fully saturated rings. The fourth-order valence-electron chi connectivity index (χ4n) is 3.09. The molecule has 18 heavy (non-hydrogen) atoms. The fourth-order valence-corrected chi connectivity index (χ4v) is 3.09. The van der Waals surface area contributed by atoms with Crippen LogP contribution in [-0.4, -0.2) is 24.0 Å². The molecule has 2 nitrogen and oxygen atoms in total. The number of benzene rings is 1. The molecule has 0 amide bonds. The summed E-state index contributed by atoms with van der Waals surface area (Å²) in [5.41, 5.74) is 6.94. The van der Waals surface area contributed by atoms with Crippen LogP contribution in [0.2, 0.25) is 0 Å². The van der Waals surface area contributed by atoms with Crippen molar-refractivity contribution in [3.8, 4) is 0 Å². The van der Waals surface area contributed by atoms with Crippen LogP contribution in [0.4, 0.5) is 4.39 Å². The lowest BCUT2D eigenvalue weighted by Crippen LogP contribution is -2.40. The average Bonchev–Trinajstić information content (AvgIpc) is 2.79. The smallest absolute Gasteiger partial charge is 0.123 e. The third-order valence-electron chi connectivity index (χ3n) is 3.97. The van der Waals surface area contributed by atoms with E-state index in [4.69, 9.17) is 5.73 Å². The minimum Gasteiger partial charge on any atom is -0.329 e. The van der Waals surface area contributed by atoms with Crippen LogP contribution in [0.25, 0.3) is 0 Å². The lowest BCUT2D eigenvalue weighted by molar-refractivity contribution is 0.149. The highest BCUT2D eigenvalue weighted by Crippen LogP contribution is 2.32. The number of halogens is 1. The summed E-state index contributed by atoms with van der Waals surface area (Å²) in [6, 6.07) is 7.58. The Balaban J connectivity index is 2.23. The van der Waals surface area contributed by atoms with Gasteiger partial charge in [0.25, 0.3) is 0 Å². The number of rotatable bonds is 4. The molecule has 1 aliphatic rings. The largest absolute Gasteiger partial charge is 0.329 e. The van der Waals surface area contributed by atoms with E-state index < -0.39 is 0 Å². The molecule has 1 aromatic carbocycles. The topological polar surface area (TPSA) is 29.3 Å². The second kappa shape index (κ2) is 5.81. The zero-order valence-corrected chi connectivity index (χ0v) is 11.3. The molecule has 1 heterocycles. The zero-order valence-electron chi connectivity index (χ0n) is 11.3. The summed E-state index contributed by atoms with van der Waals surface area (Å²) in [4.78, 5) is 2.46. The Morgan fingerprint density at radius 3 is 2.83 bits per heavy atom. The van der Waals surface area contributed by atoms with Crippen LogP contribution in [0, 0.1) is 11.7 Å². The highest BCUT2D eigenvalue weighted by atomic mass is 19.1. The Hall–Kier alpha value is -0.930. The number of nitrogens with zero attached hydrogens (tertiary/aromatic N) is 1.